The van der Waals surface area contributed by atoms with Crippen LogP contribution in [0.25, 0.3) is 0 Å². The lowest BCUT2D eigenvalue weighted by atomic mass is 10.1. The zero-order chi connectivity index (χ0) is 16.0. The molecule has 0 bridgehead atoms. The first-order valence-corrected chi connectivity index (χ1v) is 8.58. The molecule has 0 unspecified atom stereocenters. The van der Waals surface area contributed by atoms with Crippen molar-refractivity contribution in [3.63, 3.8) is 0 Å². The second kappa shape index (κ2) is 5.10. The standard InChI is InChI=1S/C16H13ClN2O2S/c17-12-8-6-11(7-9-12)14-15(16(14,19)10-18)22(20,21)13-4-2-1-3-5-13/h1-9,14-15H,19H2/t14-,15-,16+/m0/s1. The summed E-state index contributed by atoms with van der Waals surface area (Å²) in [6.07, 6.45) is 0. The third-order valence-electron chi connectivity index (χ3n) is 4.01. The van der Waals surface area contributed by atoms with Crippen molar-refractivity contribution in [1.82, 2.24) is 0 Å². The Balaban J connectivity index is 2.04. The normalized spacial score (nSPS) is 27.1. The summed E-state index contributed by atoms with van der Waals surface area (Å²) < 4.78 is 25.5. The van der Waals surface area contributed by atoms with Crippen molar-refractivity contribution >= 4 is 21.4 Å². The van der Waals surface area contributed by atoms with Crippen molar-refractivity contribution in [3.05, 3.63) is 65.2 Å². The molecule has 22 heavy (non-hydrogen) atoms. The predicted octanol–water partition coefficient (Wildman–Crippen LogP) is 2.50. The molecular weight excluding hydrogens is 320 g/mol. The first kappa shape index (κ1) is 15.0. The maximum atomic E-state index is 12.8. The van der Waals surface area contributed by atoms with Crippen molar-refractivity contribution in [2.75, 3.05) is 0 Å². The van der Waals surface area contributed by atoms with Crippen LogP contribution in [0.5, 0.6) is 0 Å². The van der Waals surface area contributed by atoms with Crippen LogP contribution in [0.2, 0.25) is 5.02 Å². The molecule has 1 aliphatic rings. The smallest absolute Gasteiger partial charge is 0.184 e. The topological polar surface area (TPSA) is 83.9 Å². The van der Waals surface area contributed by atoms with Crippen LogP contribution in [0, 0.1) is 11.3 Å². The van der Waals surface area contributed by atoms with E-state index in [1.165, 1.54) is 12.1 Å². The Kier molecular flexibility index (Phi) is 3.48. The van der Waals surface area contributed by atoms with Gasteiger partial charge in [0.05, 0.1) is 11.0 Å². The van der Waals surface area contributed by atoms with Crippen molar-refractivity contribution in [2.24, 2.45) is 5.73 Å². The third kappa shape index (κ3) is 2.20. The van der Waals surface area contributed by atoms with Crippen LogP contribution < -0.4 is 5.73 Å². The summed E-state index contributed by atoms with van der Waals surface area (Å²) >= 11 is 5.85. The highest BCUT2D eigenvalue weighted by Crippen LogP contribution is 2.55. The van der Waals surface area contributed by atoms with Crippen molar-refractivity contribution in [3.8, 4) is 6.07 Å². The molecule has 1 fully saturated rings. The summed E-state index contributed by atoms with van der Waals surface area (Å²) in [5.41, 5.74) is 5.35. The van der Waals surface area contributed by atoms with Crippen molar-refractivity contribution < 1.29 is 8.42 Å². The third-order valence-corrected chi connectivity index (χ3v) is 6.52. The van der Waals surface area contributed by atoms with Gasteiger partial charge >= 0.3 is 0 Å². The summed E-state index contributed by atoms with van der Waals surface area (Å²) in [7, 11) is -3.67. The molecule has 4 nitrogen and oxygen atoms in total. The molecule has 2 aromatic carbocycles. The first-order valence-electron chi connectivity index (χ1n) is 6.66. The highest BCUT2D eigenvalue weighted by Gasteiger charge is 2.70. The average molecular weight is 333 g/mol. The highest BCUT2D eigenvalue weighted by molar-refractivity contribution is 7.92. The van der Waals surface area contributed by atoms with Crippen LogP contribution in [-0.4, -0.2) is 19.2 Å². The Morgan fingerprint density at radius 3 is 2.23 bits per heavy atom. The summed E-state index contributed by atoms with van der Waals surface area (Å²) in [5, 5.41) is 8.96. The summed E-state index contributed by atoms with van der Waals surface area (Å²) in [4.78, 5) is 0.182. The summed E-state index contributed by atoms with van der Waals surface area (Å²) in [6, 6.07) is 16.8. The Hall–Kier alpha value is -1.87. The quantitative estimate of drug-likeness (QED) is 0.936. The number of nitriles is 1. The van der Waals surface area contributed by atoms with E-state index in [1.807, 2.05) is 6.07 Å². The second-order valence-corrected chi connectivity index (χ2v) is 7.86. The molecule has 0 amide bonds. The minimum absolute atomic E-state index is 0.182. The van der Waals surface area contributed by atoms with E-state index in [0.29, 0.717) is 10.6 Å². The molecule has 0 aliphatic heterocycles. The van der Waals surface area contributed by atoms with Gasteiger partial charge in [-0.2, -0.15) is 5.26 Å². The van der Waals surface area contributed by atoms with Crippen molar-refractivity contribution in [2.45, 2.75) is 21.6 Å². The van der Waals surface area contributed by atoms with E-state index in [1.54, 1.807) is 42.5 Å². The van der Waals surface area contributed by atoms with E-state index in [9.17, 15) is 13.7 Å². The lowest BCUT2D eigenvalue weighted by Gasteiger charge is -2.04. The fraction of sp³-hybridized carbons (Fsp3) is 0.188. The molecule has 0 spiro atoms. The molecule has 3 atom stereocenters. The van der Waals surface area contributed by atoms with Crippen LogP contribution in [0.15, 0.2) is 59.5 Å². The van der Waals surface area contributed by atoms with E-state index in [-0.39, 0.29) is 4.90 Å². The molecule has 3 rings (SSSR count). The SMILES string of the molecule is N#C[C@@]1(N)[C@@H](c2ccc(Cl)cc2)[C@@H]1S(=O)(=O)c1ccccc1. The summed E-state index contributed by atoms with van der Waals surface area (Å²) in [5.74, 6) is -0.556. The predicted molar refractivity (Wildman–Crippen MR) is 84.1 cm³/mol. The van der Waals surface area contributed by atoms with Gasteiger partial charge in [-0.05, 0) is 29.8 Å². The molecular formula is C16H13ClN2O2S. The largest absolute Gasteiger partial charge is 0.312 e. The van der Waals surface area contributed by atoms with Gasteiger partial charge in [0.1, 0.15) is 10.8 Å². The second-order valence-electron chi connectivity index (χ2n) is 5.35. The molecule has 2 N–H and O–H groups in total. The van der Waals surface area contributed by atoms with Gasteiger partial charge in [0.25, 0.3) is 0 Å². The van der Waals surface area contributed by atoms with Gasteiger partial charge in [0.15, 0.2) is 9.84 Å². The number of nitrogens with two attached hydrogens (primary N) is 1. The van der Waals surface area contributed by atoms with E-state index in [2.05, 4.69) is 0 Å². The van der Waals surface area contributed by atoms with E-state index < -0.39 is 26.5 Å². The Morgan fingerprint density at radius 2 is 1.68 bits per heavy atom. The maximum absolute atomic E-state index is 12.8. The maximum Gasteiger partial charge on any atom is 0.184 e. The number of hydrogen-bond acceptors (Lipinski definition) is 4. The minimum Gasteiger partial charge on any atom is -0.312 e. The molecule has 2 aromatic rings. The van der Waals surface area contributed by atoms with E-state index in [0.717, 1.165) is 0 Å². The molecule has 0 heterocycles. The van der Waals surface area contributed by atoms with Crippen LogP contribution in [0.1, 0.15) is 11.5 Å². The fourth-order valence-corrected chi connectivity index (χ4v) is 5.15. The first-order chi connectivity index (χ1) is 10.4. The van der Waals surface area contributed by atoms with Crippen LogP contribution in [-0.2, 0) is 9.84 Å². The van der Waals surface area contributed by atoms with Gasteiger partial charge in [-0.3, -0.25) is 0 Å². The molecule has 0 aromatic heterocycles. The van der Waals surface area contributed by atoms with Gasteiger partial charge in [0, 0.05) is 10.9 Å². The number of sulfone groups is 1. The van der Waals surface area contributed by atoms with E-state index in [4.69, 9.17) is 17.3 Å². The van der Waals surface area contributed by atoms with Crippen LogP contribution in [0.3, 0.4) is 0 Å². The van der Waals surface area contributed by atoms with Gasteiger partial charge < -0.3 is 5.73 Å². The van der Waals surface area contributed by atoms with Crippen molar-refractivity contribution in [1.29, 1.82) is 5.26 Å². The lowest BCUT2D eigenvalue weighted by molar-refractivity contribution is 0.592. The fourth-order valence-electron chi connectivity index (χ4n) is 2.82. The zero-order valence-corrected chi connectivity index (χ0v) is 13.1. The number of nitrogens with zero attached hydrogens (tertiary/aromatic N) is 1. The average Bonchev–Trinajstić information content (AvgIpc) is 3.17. The number of benzene rings is 2. The van der Waals surface area contributed by atoms with Crippen LogP contribution >= 0.6 is 11.6 Å². The monoisotopic (exact) mass is 332 g/mol. The van der Waals surface area contributed by atoms with Gasteiger partial charge in [-0.1, -0.05) is 41.9 Å². The molecule has 0 radical (unpaired) electrons. The van der Waals surface area contributed by atoms with Gasteiger partial charge in [-0.25, -0.2) is 8.42 Å². The molecule has 6 heteroatoms. The molecule has 0 saturated heterocycles. The summed E-state index contributed by atoms with van der Waals surface area (Å²) in [6.45, 7) is 0. The highest BCUT2D eigenvalue weighted by atomic mass is 35.5. The zero-order valence-electron chi connectivity index (χ0n) is 11.5. The van der Waals surface area contributed by atoms with Gasteiger partial charge in [0.2, 0.25) is 0 Å². The molecule has 112 valence electrons. The number of halogens is 1. The Bertz CT molecular complexity index is 844. The Morgan fingerprint density at radius 1 is 1.09 bits per heavy atom. The number of hydrogen-bond donors (Lipinski definition) is 1. The Labute approximate surface area is 134 Å². The number of rotatable bonds is 3. The minimum atomic E-state index is -3.67. The molecule has 1 saturated carbocycles. The molecule has 1 aliphatic carbocycles. The lowest BCUT2D eigenvalue weighted by Crippen LogP contribution is -2.29. The van der Waals surface area contributed by atoms with E-state index >= 15 is 0 Å². The van der Waals surface area contributed by atoms with Gasteiger partial charge in [-0.15, -0.1) is 0 Å². The van der Waals surface area contributed by atoms with Crippen LogP contribution in [0.4, 0.5) is 0 Å².